The molecule has 1 fully saturated rings. The van der Waals surface area contributed by atoms with Gasteiger partial charge in [-0.25, -0.2) is 8.42 Å². The molecule has 19 heavy (non-hydrogen) atoms. The van der Waals surface area contributed by atoms with Crippen LogP contribution in [0.4, 0.5) is 5.69 Å². The third-order valence-corrected chi connectivity index (χ3v) is 5.26. The highest BCUT2D eigenvalue weighted by molar-refractivity contribution is 7.91. The number of anilines is 1. The zero-order chi connectivity index (χ0) is 14.0. The molecule has 4 nitrogen and oxygen atoms in total. The molecule has 104 valence electrons. The van der Waals surface area contributed by atoms with Crippen LogP contribution in [0.2, 0.25) is 5.02 Å². The Balaban J connectivity index is 2.35. The van der Waals surface area contributed by atoms with E-state index in [1.54, 1.807) is 24.3 Å². The first-order valence-corrected chi connectivity index (χ1v) is 8.50. The van der Waals surface area contributed by atoms with Crippen LogP contribution < -0.4 is 4.90 Å². The molecule has 1 atom stereocenters. The number of sulfone groups is 1. The van der Waals surface area contributed by atoms with Crippen LogP contribution in [0.1, 0.15) is 6.42 Å². The number of benzene rings is 1. The molecule has 0 spiro atoms. The first-order chi connectivity index (χ1) is 8.93. The number of hydrogen-bond acceptors (Lipinski definition) is 3. The number of rotatable bonds is 3. The zero-order valence-corrected chi connectivity index (χ0v) is 12.4. The summed E-state index contributed by atoms with van der Waals surface area (Å²) in [5, 5.41) is 0.491. The monoisotopic (exact) mass is 321 g/mol. The minimum Gasteiger partial charge on any atom is -0.307 e. The lowest BCUT2D eigenvalue weighted by Crippen LogP contribution is -2.42. The topological polar surface area (TPSA) is 54.5 Å². The number of carbonyl (C=O) groups is 1. The molecule has 2 rings (SSSR count). The largest absolute Gasteiger partial charge is 0.307 e. The van der Waals surface area contributed by atoms with E-state index in [1.807, 2.05) is 0 Å². The van der Waals surface area contributed by atoms with E-state index < -0.39 is 9.84 Å². The lowest BCUT2D eigenvalue weighted by atomic mass is 10.2. The molecule has 1 aromatic carbocycles. The maximum absolute atomic E-state index is 12.0. The van der Waals surface area contributed by atoms with Gasteiger partial charge in [-0.2, -0.15) is 0 Å². The van der Waals surface area contributed by atoms with Crippen molar-refractivity contribution in [1.29, 1.82) is 0 Å². The SMILES string of the molecule is O=C(CCl)N(c1cccc(Cl)c1)[C@H]1CCS(=O)(=O)C1. The summed E-state index contributed by atoms with van der Waals surface area (Å²) >= 11 is 11.5. The molecule has 0 N–H and O–H groups in total. The van der Waals surface area contributed by atoms with Gasteiger partial charge in [0.1, 0.15) is 5.88 Å². The first-order valence-electron chi connectivity index (χ1n) is 5.77. The highest BCUT2D eigenvalue weighted by Crippen LogP contribution is 2.27. The van der Waals surface area contributed by atoms with Gasteiger partial charge >= 0.3 is 0 Å². The predicted molar refractivity (Wildman–Crippen MR) is 76.7 cm³/mol. The van der Waals surface area contributed by atoms with E-state index in [-0.39, 0.29) is 29.3 Å². The van der Waals surface area contributed by atoms with Crippen LogP contribution >= 0.6 is 23.2 Å². The molecule has 1 aromatic rings. The second-order valence-corrected chi connectivity index (χ2v) is 7.37. The molecule has 0 aromatic heterocycles. The van der Waals surface area contributed by atoms with Crippen LogP contribution in [0.15, 0.2) is 24.3 Å². The van der Waals surface area contributed by atoms with Crippen molar-refractivity contribution < 1.29 is 13.2 Å². The Morgan fingerprint density at radius 1 is 1.42 bits per heavy atom. The predicted octanol–water partition coefficient (Wildman–Crippen LogP) is 2.10. The summed E-state index contributed by atoms with van der Waals surface area (Å²) in [6, 6.07) is 6.41. The highest BCUT2D eigenvalue weighted by atomic mass is 35.5. The number of halogens is 2. The van der Waals surface area contributed by atoms with E-state index in [0.717, 1.165) is 0 Å². The summed E-state index contributed by atoms with van der Waals surface area (Å²) < 4.78 is 23.1. The van der Waals surface area contributed by atoms with Gasteiger partial charge in [0.25, 0.3) is 0 Å². The van der Waals surface area contributed by atoms with Crippen molar-refractivity contribution in [3.05, 3.63) is 29.3 Å². The van der Waals surface area contributed by atoms with Crippen LogP contribution in [-0.4, -0.2) is 37.8 Å². The van der Waals surface area contributed by atoms with Gasteiger partial charge in [-0.1, -0.05) is 17.7 Å². The fourth-order valence-electron chi connectivity index (χ4n) is 2.23. The van der Waals surface area contributed by atoms with Crippen LogP contribution in [-0.2, 0) is 14.6 Å². The van der Waals surface area contributed by atoms with Gasteiger partial charge in [-0.3, -0.25) is 4.79 Å². The third kappa shape index (κ3) is 3.41. The van der Waals surface area contributed by atoms with Gasteiger partial charge in [0.05, 0.1) is 17.5 Å². The van der Waals surface area contributed by atoms with Crippen molar-refractivity contribution in [3.8, 4) is 0 Å². The van der Waals surface area contributed by atoms with E-state index in [9.17, 15) is 13.2 Å². The number of nitrogens with zero attached hydrogens (tertiary/aromatic N) is 1. The molecule has 1 aliphatic heterocycles. The van der Waals surface area contributed by atoms with Gasteiger partial charge in [-0.15, -0.1) is 11.6 Å². The van der Waals surface area contributed by atoms with E-state index in [4.69, 9.17) is 23.2 Å². The second-order valence-electron chi connectivity index (χ2n) is 4.43. The summed E-state index contributed by atoms with van der Waals surface area (Å²) in [7, 11) is -3.07. The molecule has 0 aliphatic carbocycles. The lowest BCUT2D eigenvalue weighted by Gasteiger charge is -2.27. The molecule has 0 unspecified atom stereocenters. The average Bonchev–Trinajstić information content (AvgIpc) is 2.69. The minimum atomic E-state index is -3.07. The molecule has 1 saturated heterocycles. The number of amides is 1. The Morgan fingerprint density at radius 3 is 2.68 bits per heavy atom. The van der Waals surface area contributed by atoms with Gasteiger partial charge in [0, 0.05) is 10.7 Å². The van der Waals surface area contributed by atoms with E-state index in [1.165, 1.54) is 4.90 Å². The lowest BCUT2D eigenvalue weighted by molar-refractivity contribution is -0.116. The quantitative estimate of drug-likeness (QED) is 0.801. The van der Waals surface area contributed by atoms with Crippen molar-refractivity contribution in [2.75, 3.05) is 22.3 Å². The van der Waals surface area contributed by atoms with E-state index in [0.29, 0.717) is 17.1 Å². The number of carbonyl (C=O) groups excluding carboxylic acids is 1. The van der Waals surface area contributed by atoms with Crippen LogP contribution in [0.5, 0.6) is 0 Å². The second kappa shape index (κ2) is 5.69. The van der Waals surface area contributed by atoms with Crippen molar-refractivity contribution in [1.82, 2.24) is 0 Å². The minimum absolute atomic E-state index is 0.0257. The first kappa shape index (κ1) is 14.6. The Morgan fingerprint density at radius 2 is 2.16 bits per heavy atom. The Bertz CT molecular complexity index is 588. The van der Waals surface area contributed by atoms with Crippen molar-refractivity contribution >= 4 is 44.6 Å². The summed E-state index contributed by atoms with van der Waals surface area (Å²) in [4.78, 5) is 13.4. The fraction of sp³-hybridized carbons (Fsp3) is 0.417. The molecule has 1 heterocycles. The van der Waals surface area contributed by atoms with Gasteiger partial charge in [0.15, 0.2) is 9.84 Å². The standard InChI is InChI=1S/C12H13Cl2NO3S/c13-7-12(16)15(10-3-1-2-9(14)6-10)11-4-5-19(17,18)8-11/h1-3,6,11H,4-5,7-8H2/t11-/m0/s1. The molecule has 1 amide bonds. The Kier molecular flexibility index (Phi) is 4.38. The van der Waals surface area contributed by atoms with Crippen molar-refractivity contribution in [2.24, 2.45) is 0 Å². The maximum Gasteiger partial charge on any atom is 0.242 e. The zero-order valence-electron chi connectivity index (χ0n) is 10.1. The summed E-state index contributed by atoms with van der Waals surface area (Å²) in [6.45, 7) is 0. The molecule has 0 saturated carbocycles. The number of hydrogen-bond donors (Lipinski definition) is 0. The molecular formula is C12H13Cl2NO3S. The summed E-state index contributed by atoms with van der Waals surface area (Å²) in [5.74, 6) is -0.429. The number of alkyl halides is 1. The average molecular weight is 322 g/mol. The Labute approximate surface area is 122 Å². The maximum atomic E-state index is 12.0. The fourth-order valence-corrected chi connectivity index (χ4v) is 4.24. The smallest absolute Gasteiger partial charge is 0.242 e. The summed E-state index contributed by atoms with van der Waals surface area (Å²) in [5.41, 5.74) is 0.584. The highest BCUT2D eigenvalue weighted by Gasteiger charge is 2.35. The molecule has 7 heteroatoms. The molecule has 0 radical (unpaired) electrons. The summed E-state index contributed by atoms with van der Waals surface area (Å²) in [6.07, 6.45) is 0.428. The van der Waals surface area contributed by atoms with Gasteiger partial charge in [0.2, 0.25) is 5.91 Å². The van der Waals surface area contributed by atoms with E-state index >= 15 is 0 Å². The van der Waals surface area contributed by atoms with Crippen LogP contribution in [0.3, 0.4) is 0 Å². The van der Waals surface area contributed by atoms with Gasteiger partial charge < -0.3 is 4.90 Å². The van der Waals surface area contributed by atoms with Crippen LogP contribution in [0.25, 0.3) is 0 Å². The third-order valence-electron chi connectivity index (χ3n) is 3.04. The van der Waals surface area contributed by atoms with Crippen molar-refractivity contribution in [3.63, 3.8) is 0 Å². The van der Waals surface area contributed by atoms with E-state index in [2.05, 4.69) is 0 Å². The van der Waals surface area contributed by atoms with Gasteiger partial charge in [-0.05, 0) is 24.6 Å². The van der Waals surface area contributed by atoms with Crippen molar-refractivity contribution in [2.45, 2.75) is 12.5 Å². The van der Waals surface area contributed by atoms with Crippen LogP contribution in [0, 0.1) is 0 Å². The normalized spacial score (nSPS) is 21.3. The molecule has 0 bridgehead atoms. The molecule has 1 aliphatic rings. The molecular weight excluding hydrogens is 309 g/mol. The Hall–Kier alpha value is -0.780.